The Morgan fingerprint density at radius 2 is 2.21 bits per heavy atom. The van der Waals surface area contributed by atoms with Crippen molar-refractivity contribution in [2.75, 3.05) is 31.1 Å². The molecule has 4 rings (SSSR count). The monoisotopic (exact) mass is 327 g/mol. The number of nitrogens with zero attached hydrogens (tertiary/aromatic N) is 3. The van der Waals surface area contributed by atoms with Gasteiger partial charge in [0.1, 0.15) is 18.2 Å². The highest BCUT2D eigenvalue weighted by Gasteiger charge is 2.33. The second-order valence-corrected chi connectivity index (χ2v) is 6.11. The summed E-state index contributed by atoms with van der Waals surface area (Å²) in [5.41, 5.74) is 1.66. The first kappa shape index (κ1) is 14.9. The number of carbonyl (C=O) groups is 1. The zero-order valence-electron chi connectivity index (χ0n) is 13.2. The summed E-state index contributed by atoms with van der Waals surface area (Å²) in [6.07, 6.45) is 4.52. The predicted octanol–water partition coefficient (Wildman–Crippen LogP) is 3.03. The minimum absolute atomic E-state index is 0.0865. The van der Waals surface area contributed by atoms with E-state index in [0.29, 0.717) is 43.6 Å². The number of anilines is 1. The number of fused-ring (bicyclic) bond motifs is 1. The predicted molar refractivity (Wildman–Crippen MR) is 87.8 cm³/mol. The molecule has 1 aromatic heterocycles. The van der Waals surface area contributed by atoms with Gasteiger partial charge in [0.2, 0.25) is 0 Å². The Bertz CT molecular complexity index is 753. The summed E-state index contributed by atoms with van der Waals surface area (Å²) in [5.74, 6) is 0.487. The van der Waals surface area contributed by atoms with Gasteiger partial charge in [0.05, 0.1) is 12.2 Å². The number of rotatable bonds is 1. The second kappa shape index (κ2) is 6.11. The van der Waals surface area contributed by atoms with E-state index in [1.165, 1.54) is 12.1 Å². The van der Waals surface area contributed by atoms with Gasteiger partial charge in [-0.25, -0.2) is 9.18 Å². The first-order valence-corrected chi connectivity index (χ1v) is 8.11. The smallest absolute Gasteiger partial charge is 0.324 e. The van der Waals surface area contributed by atoms with Crippen molar-refractivity contribution in [3.8, 4) is 5.75 Å². The molecule has 2 aromatic rings. The minimum atomic E-state index is -0.369. The number of pyridine rings is 1. The van der Waals surface area contributed by atoms with Gasteiger partial charge in [-0.2, -0.15) is 0 Å². The number of ether oxygens (including phenoxy) is 1. The molecule has 24 heavy (non-hydrogen) atoms. The Morgan fingerprint density at radius 3 is 3.04 bits per heavy atom. The average molecular weight is 327 g/mol. The molecule has 1 aromatic carbocycles. The third kappa shape index (κ3) is 2.68. The number of hydrogen-bond donors (Lipinski definition) is 0. The molecular weight excluding hydrogens is 309 g/mol. The second-order valence-electron chi connectivity index (χ2n) is 6.11. The summed E-state index contributed by atoms with van der Waals surface area (Å²) in [7, 11) is 0. The molecule has 1 unspecified atom stereocenters. The lowest BCUT2D eigenvalue weighted by atomic mass is 10.0. The number of urea groups is 1. The molecule has 2 aliphatic heterocycles. The maximum absolute atomic E-state index is 13.6. The summed E-state index contributed by atoms with van der Waals surface area (Å²) >= 11 is 0. The molecular formula is C18H18FN3O2. The molecule has 0 N–H and O–H groups in total. The average Bonchev–Trinajstić information content (AvgIpc) is 3.11. The van der Waals surface area contributed by atoms with Crippen LogP contribution in [0.25, 0.3) is 0 Å². The van der Waals surface area contributed by atoms with Crippen LogP contribution in [-0.4, -0.2) is 42.2 Å². The van der Waals surface area contributed by atoms with Crippen LogP contribution in [0.15, 0.2) is 42.7 Å². The quantitative estimate of drug-likeness (QED) is 0.809. The standard InChI is InChI=1S/C18H18FN3O2/c19-15-3-4-17-16(10-15)22(8-9-24-17)18(23)21-7-5-14(12-21)13-2-1-6-20-11-13/h1-4,6,10-11,14H,5,7-9,12H2. The molecule has 3 heterocycles. The lowest BCUT2D eigenvalue weighted by Gasteiger charge is -2.32. The fraction of sp³-hybridized carbons (Fsp3) is 0.333. The van der Waals surface area contributed by atoms with Crippen LogP contribution in [0.1, 0.15) is 17.9 Å². The minimum Gasteiger partial charge on any atom is -0.490 e. The Morgan fingerprint density at radius 1 is 1.29 bits per heavy atom. The normalized spacial score (nSPS) is 19.8. The van der Waals surface area contributed by atoms with E-state index in [-0.39, 0.29) is 11.8 Å². The molecule has 0 spiro atoms. The molecule has 2 amide bonds. The largest absolute Gasteiger partial charge is 0.490 e. The van der Waals surface area contributed by atoms with E-state index in [2.05, 4.69) is 4.98 Å². The molecule has 0 bridgehead atoms. The first-order chi connectivity index (χ1) is 11.7. The Labute approximate surface area is 139 Å². The van der Waals surface area contributed by atoms with Gasteiger partial charge in [-0.15, -0.1) is 0 Å². The maximum atomic E-state index is 13.6. The molecule has 0 saturated carbocycles. The number of benzene rings is 1. The molecule has 1 atom stereocenters. The van der Waals surface area contributed by atoms with Crippen LogP contribution >= 0.6 is 0 Å². The van der Waals surface area contributed by atoms with Crippen molar-refractivity contribution in [2.45, 2.75) is 12.3 Å². The zero-order chi connectivity index (χ0) is 16.5. The van der Waals surface area contributed by atoms with Gasteiger partial charge in [-0.1, -0.05) is 6.07 Å². The van der Waals surface area contributed by atoms with Crippen molar-refractivity contribution < 1.29 is 13.9 Å². The third-order valence-corrected chi connectivity index (χ3v) is 4.63. The maximum Gasteiger partial charge on any atom is 0.324 e. The molecule has 0 radical (unpaired) electrons. The SMILES string of the molecule is O=C(N1CCC(c2cccnc2)C1)N1CCOc2ccc(F)cc21. The van der Waals surface area contributed by atoms with Gasteiger partial charge >= 0.3 is 6.03 Å². The van der Waals surface area contributed by atoms with Gasteiger partial charge in [-0.3, -0.25) is 9.88 Å². The Kier molecular flexibility index (Phi) is 3.80. The van der Waals surface area contributed by atoms with Gasteiger partial charge in [0.15, 0.2) is 0 Å². The zero-order valence-corrected chi connectivity index (χ0v) is 13.2. The van der Waals surface area contributed by atoms with Crippen LogP contribution in [0.2, 0.25) is 0 Å². The lowest BCUT2D eigenvalue weighted by Crippen LogP contribution is -2.45. The number of halogens is 1. The fourth-order valence-electron chi connectivity index (χ4n) is 3.38. The van der Waals surface area contributed by atoms with Crippen molar-refractivity contribution in [1.82, 2.24) is 9.88 Å². The summed E-state index contributed by atoms with van der Waals surface area (Å²) in [5, 5.41) is 0. The molecule has 1 saturated heterocycles. The van der Waals surface area contributed by atoms with Crippen LogP contribution in [0.5, 0.6) is 5.75 Å². The Balaban J connectivity index is 1.53. The molecule has 124 valence electrons. The summed E-state index contributed by atoms with van der Waals surface area (Å²) < 4.78 is 19.1. The topological polar surface area (TPSA) is 45.7 Å². The van der Waals surface area contributed by atoms with Gasteiger partial charge in [0.25, 0.3) is 0 Å². The summed E-state index contributed by atoms with van der Waals surface area (Å²) in [6.45, 7) is 2.21. The van der Waals surface area contributed by atoms with E-state index in [9.17, 15) is 9.18 Å². The van der Waals surface area contributed by atoms with Crippen LogP contribution in [0, 0.1) is 5.82 Å². The van der Waals surface area contributed by atoms with Crippen LogP contribution in [0.4, 0.5) is 14.9 Å². The van der Waals surface area contributed by atoms with E-state index < -0.39 is 0 Å². The molecule has 6 heteroatoms. The highest BCUT2D eigenvalue weighted by Crippen LogP contribution is 2.34. The number of carbonyl (C=O) groups excluding carboxylic acids is 1. The van der Waals surface area contributed by atoms with Gasteiger partial charge in [0, 0.05) is 37.5 Å². The van der Waals surface area contributed by atoms with Crippen molar-refractivity contribution in [3.63, 3.8) is 0 Å². The molecule has 0 aliphatic carbocycles. The van der Waals surface area contributed by atoms with Crippen molar-refractivity contribution in [2.24, 2.45) is 0 Å². The summed E-state index contributed by atoms with van der Waals surface area (Å²) in [4.78, 5) is 20.5. The van der Waals surface area contributed by atoms with E-state index in [1.807, 2.05) is 23.2 Å². The van der Waals surface area contributed by atoms with Gasteiger partial charge in [-0.05, 0) is 30.2 Å². The van der Waals surface area contributed by atoms with E-state index in [4.69, 9.17) is 4.74 Å². The number of amides is 2. The summed E-state index contributed by atoms with van der Waals surface area (Å²) in [6, 6.07) is 8.16. The van der Waals surface area contributed by atoms with Crippen LogP contribution < -0.4 is 9.64 Å². The highest BCUT2D eigenvalue weighted by molar-refractivity contribution is 5.94. The highest BCUT2D eigenvalue weighted by atomic mass is 19.1. The molecule has 5 nitrogen and oxygen atoms in total. The van der Waals surface area contributed by atoms with Crippen LogP contribution in [0.3, 0.4) is 0 Å². The number of aromatic nitrogens is 1. The third-order valence-electron chi connectivity index (χ3n) is 4.63. The van der Waals surface area contributed by atoms with E-state index >= 15 is 0 Å². The van der Waals surface area contributed by atoms with Crippen molar-refractivity contribution in [1.29, 1.82) is 0 Å². The fourth-order valence-corrected chi connectivity index (χ4v) is 3.38. The van der Waals surface area contributed by atoms with Gasteiger partial charge < -0.3 is 9.64 Å². The first-order valence-electron chi connectivity index (χ1n) is 8.11. The van der Waals surface area contributed by atoms with Crippen LogP contribution in [-0.2, 0) is 0 Å². The van der Waals surface area contributed by atoms with E-state index in [0.717, 1.165) is 12.0 Å². The van der Waals surface area contributed by atoms with Crippen molar-refractivity contribution >= 4 is 11.7 Å². The number of hydrogen-bond acceptors (Lipinski definition) is 3. The Hall–Kier alpha value is -2.63. The molecule has 2 aliphatic rings. The number of likely N-dealkylation sites (tertiary alicyclic amines) is 1. The lowest BCUT2D eigenvalue weighted by molar-refractivity contribution is 0.209. The van der Waals surface area contributed by atoms with Crippen molar-refractivity contribution in [3.05, 3.63) is 54.1 Å². The molecule has 1 fully saturated rings. The van der Waals surface area contributed by atoms with E-state index in [1.54, 1.807) is 17.2 Å².